The maximum atomic E-state index is 12.0. The van der Waals surface area contributed by atoms with Crippen LogP contribution in [0.2, 0.25) is 0 Å². The Labute approximate surface area is 217 Å². The van der Waals surface area contributed by atoms with Crippen molar-refractivity contribution in [2.75, 3.05) is 25.6 Å². The smallest absolute Gasteiger partial charge is 0.280 e. The third-order valence-corrected chi connectivity index (χ3v) is 6.98. The van der Waals surface area contributed by atoms with Gasteiger partial charge in [-0.05, 0) is 12.8 Å². The Hall–Kier alpha value is -1.93. The number of imidazole rings is 1. The number of nitrogen functional groups attached to an aromatic ring is 1. The van der Waals surface area contributed by atoms with Crippen LogP contribution in [0.1, 0.15) is 116 Å². The first kappa shape index (κ1) is 30.3. The zero-order valence-corrected chi connectivity index (χ0v) is 22.7. The van der Waals surface area contributed by atoms with Crippen LogP contribution in [0.3, 0.4) is 0 Å². The van der Waals surface area contributed by atoms with Gasteiger partial charge in [-0.1, -0.05) is 103 Å². The van der Waals surface area contributed by atoms with E-state index in [1.165, 1.54) is 96.3 Å². The molecule has 0 spiro atoms. The second kappa shape index (κ2) is 19.2. The van der Waals surface area contributed by atoms with E-state index in [1.807, 2.05) is 4.57 Å². The second-order valence-corrected chi connectivity index (χ2v) is 10.3. The minimum Gasteiger partial charge on any atom is -0.396 e. The van der Waals surface area contributed by atoms with E-state index < -0.39 is 0 Å². The summed E-state index contributed by atoms with van der Waals surface area (Å²) in [6.07, 6.45) is 24.0. The molecule has 8 heteroatoms. The molecule has 0 aliphatic heterocycles. The van der Waals surface area contributed by atoms with Crippen molar-refractivity contribution in [2.24, 2.45) is 5.92 Å². The van der Waals surface area contributed by atoms with E-state index in [4.69, 9.17) is 10.5 Å². The number of anilines is 1. The van der Waals surface area contributed by atoms with Crippen LogP contribution in [0.15, 0.2) is 11.1 Å². The molecule has 0 saturated carbocycles. The molecule has 2 aromatic heterocycles. The van der Waals surface area contributed by atoms with Crippen LogP contribution in [0, 0.1) is 5.92 Å². The van der Waals surface area contributed by atoms with E-state index in [1.54, 1.807) is 6.33 Å². The standard InChI is InChI=1S/C28H51N5O3/c1-2-3-4-5-6-7-8-9-10-11-12-13-14-15-16-17-20-36-22-24(18-19-34)21-33-23-30-25-26(33)31-28(29)32-27(25)35/h23-24,34H,2-22H2,1H3,(H3,29,31,32,35). The van der Waals surface area contributed by atoms with Crippen LogP contribution >= 0.6 is 0 Å². The average Bonchev–Trinajstić information content (AvgIpc) is 3.26. The number of aromatic nitrogens is 4. The quantitative estimate of drug-likeness (QED) is 0.160. The lowest BCUT2D eigenvalue weighted by atomic mass is 10.0. The number of unbranched alkanes of at least 4 members (excludes halogenated alkanes) is 15. The Morgan fingerprint density at radius 3 is 2.06 bits per heavy atom. The van der Waals surface area contributed by atoms with Crippen molar-refractivity contribution in [1.82, 2.24) is 19.5 Å². The molecule has 2 heterocycles. The SMILES string of the molecule is CCCCCCCCCCCCCCCCCCOCC(CCO)Cn1cnc2c(=O)[nH]c(N)nc21. The van der Waals surface area contributed by atoms with Gasteiger partial charge in [-0.2, -0.15) is 4.98 Å². The van der Waals surface area contributed by atoms with E-state index in [-0.39, 0.29) is 29.5 Å². The van der Waals surface area contributed by atoms with Gasteiger partial charge < -0.3 is 20.1 Å². The number of ether oxygens (including phenoxy) is 1. The summed E-state index contributed by atoms with van der Waals surface area (Å²) in [4.78, 5) is 22.8. The van der Waals surface area contributed by atoms with Gasteiger partial charge in [0, 0.05) is 25.7 Å². The Morgan fingerprint density at radius 1 is 0.944 bits per heavy atom. The second-order valence-electron chi connectivity index (χ2n) is 10.3. The first-order chi connectivity index (χ1) is 17.7. The van der Waals surface area contributed by atoms with Crippen molar-refractivity contribution < 1.29 is 9.84 Å². The Balaban J connectivity index is 1.46. The maximum Gasteiger partial charge on any atom is 0.280 e. The number of fused-ring (bicyclic) bond motifs is 1. The number of aliphatic hydroxyl groups is 1. The number of hydrogen-bond acceptors (Lipinski definition) is 6. The van der Waals surface area contributed by atoms with Crippen LogP contribution in [0.5, 0.6) is 0 Å². The van der Waals surface area contributed by atoms with Gasteiger partial charge in [0.15, 0.2) is 11.2 Å². The molecule has 0 aliphatic rings. The van der Waals surface area contributed by atoms with Gasteiger partial charge in [-0.15, -0.1) is 0 Å². The molecule has 8 nitrogen and oxygen atoms in total. The number of nitrogens with two attached hydrogens (primary N) is 1. The summed E-state index contributed by atoms with van der Waals surface area (Å²) in [6.45, 7) is 4.26. The summed E-state index contributed by atoms with van der Waals surface area (Å²) in [6, 6.07) is 0. The number of aromatic amines is 1. The van der Waals surface area contributed by atoms with Crippen molar-refractivity contribution in [3.8, 4) is 0 Å². The molecule has 1 unspecified atom stereocenters. The van der Waals surface area contributed by atoms with Crippen LogP contribution in [0.25, 0.3) is 11.2 Å². The van der Waals surface area contributed by atoms with E-state index in [9.17, 15) is 9.90 Å². The fraction of sp³-hybridized carbons (Fsp3) is 0.821. The summed E-state index contributed by atoms with van der Waals surface area (Å²) >= 11 is 0. The van der Waals surface area contributed by atoms with Crippen LogP contribution in [-0.4, -0.2) is 44.4 Å². The Bertz CT molecular complexity index is 866. The highest BCUT2D eigenvalue weighted by molar-refractivity contribution is 5.70. The maximum absolute atomic E-state index is 12.0. The van der Waals surface area contributed by atoms with Gasteiger partial charge in [0.2, 0.25) is 5.95 Å². The summed E-state index contributed by atoms with van der Waals surface area (Å²) in [5.41, 5.74) is 6.09. The highest BCUT2D eigenvalue weighted by Crippen LogP contribution is 2.15. The highest BCUT2D eigenvalue weighted by atomic mass is 16.5. The minimum absolute atomic E-state index is 0.0766. The van der Waals surface area contributed by atoms with Crippen LogP contribution in [-0.2, 0) is 11.3 Å². The monoisotopic (exact) mass is 505 g/mol. The van der Waals surface area contributed by atoms with Crippen molar-refractivity contribution >= 4 is 17.1 Å². The van der Waals surface area contributed by atoms with Gasteiger partial charge >= 0.3 is 0 Å². The molecule has 2 rings (SSSR count). The van der Waals surface area contributed by atoms with E-state index in [0.717, 1.165) is 13.0 Å². The molecule has 0 aromatic carbocycles. The summed E-state index contributed by atoms with van der Waals surface area (Å²) in [7, 11) is 0. The number of H-pyrrole nitrogens is 1. The predicted octanol–water partition coefficient (Wildman–Crippen LogP) is 5.98. The zero-order chi connectivity index (χ0) is 25.8. The van der Waals surface area contributed by atoms with Gasteiger partial charge in [0.25, 0.3) is 5.56 Å². The Morgan fingerprint density at radius 2 is 1.50 bits per heavy atom. The third-order valence-electron chi connectivity index (χ3n) is 6.98. The number of rotatable bonds is 23. The largest absolute Gasteiger partial charge is 0.396 e. The minimum atomic E-state index is -0.338. The van der Waals surface area contributed by atoms with Gasteiger partial charge in [0.1, 0.15) is 0 Å². The molecule has 2 aromatic rings. The lowest BCUT2D eigenvalue weighted by Gasteiger charge is -2.17. The molecule has 0 amide bonds. The van der Waals surface area contributed by atoms with Crippen molar-refractivity contribution in [3.05, 3.63) is 16.7 Å². The van der Waals surface area contributed by atoms with Crippen molar-refractivity contribution in [3.63, 3.8) is 0 Å². The molecule has 36 heavy (non-hydrogen) atoms. The predicted molar refractivity (Wildman–Crippen MR) is 148 cm³/mol. The van der Waals surface area contributed by atoms with Crippen molar-refractivity contribution in [2.45, 2.75) is 123 Å². The lowest BCUT2D eigenvalue weighted by molar-refractivity contribution is 0.0792. The topological polar surface area (TPSA) is 119 Å². The van der Waals surface area contributed by atoms with Gasteiger partial charge in [-0.25, -0.2) is 4.98 Å². The van der Waals surface area contributed by atoms with Gasteiger partial charge in [0.05, 0.1) is 12.9 Å². The van der Waals surface area contributed by atoms with E-state index in [0.29, 0.717) is 25.2 Å². The molecular weight excluding hydrogens is 454 g/mol. The van der Waals surface area contributed by atoms with Gasteiger partial charge in [-0.3, -0.25) is 9.78 Å². The highest BCUT2D eigenvalue weighted by Gasteiger charge is 2.14. The molecule has 0 saturated heterocycles. The number of nitrogens with zero attached hydrogens (tertiary/aromatic N) is 3. The fourth-order valence-electron chi connectivity index (χ4n) is 4.79. The first-order valence-corrected chi connectivity index (χ1v) is 14.5. The summed E-state index contributed by atoms with van der Waals surface area (Å²) in [5.74, 6) is 0.198. The third kappa shape index (κ3) is 12.3. The molecule has 206 valence electrons. The zero-order valence-electron chi connectivity index (χ0n) is 22.7. The van der Waals surface area contributed by atoms with Crippen LogP contribution < -0.4 is 11.3 Å². The number of aliphatic hydroxyl groups excluding tert-OH is 1. The number of nitrogens with one attached hydrogen (secondary N) is 1. The molecular formula is C28H51N5O3. The summed E-state index contributed by atoms with van der Waals surface area (Å²) in [5, 5.41) is 9.45. The van der Waals surface area contributed by atoms with Crippen molar-refractivity contribution in [1.29, 1.82) is 0 Å². The number of hydrogen-bond donors (Lipinski definition) is 3. The van der Waals surface area contributed by atoms with E-state index in [2.05, 4.69) is 21.9 Å². The molecule has 0 aliphatic carbocycles. The fourth-order valence-corrected chi connectivity index (χ4v) is 4.79. The molecule has 0 fully saturated rings. The summed E-state index contributed by atoms with van der Waals surface area (Å²) < 4.78 is 7.74. The molecule has 1 atom stereocenters. The Kier molecular flexibility index (Phi) is 16.2. The molecule has 0 radical (unpaired) electrons. The van der Waals surface area contributed by atoms with Crippen LogP contribution in [0.4, 0.5) is 5.95 Å². The van der Waals surface area contributed by atoms with E-state index >= 15 is 0 Å². The molecule has 0 bridgehead atoms. The first-order valence-electron chi connectivity index (χ1n) is 14.5. The lowest BCUT2D eigenvalue weighted by Crippen LogP contribution is -2.19. The molecule has 4 N–H and O–H groups in total. The average molecular weight is 506 g/mol. The normalized spacial score (nSPS) is 12.5.